The molecule has 0 aliphatic carbocycles. The summed E-state index contributed by atoms with van der Waals surface area (Å²) in [5, 5.41) is 0.718. The van der Waals surface area contributed by atoms with E-state index in [1.165, 1.54) is 6.07 Å². The van der Waals surface area contributed by atoms with Crippen LogP contribution < -0.4 is 9.47 Å². The molecule has 0 aliphatic heterocycles. The summed E-state index contributed by atoms with van der Waals surface area (Å²) in [5.74, 6) is 0.908. The normalized spacial score (nSPS) is 10.4. The maximum atomic E-state index is 13.6. The third-order valence-corrected chi connectivity index (χ3v) is 4.01. The van der Waals surface area contributed by atoms with E-state index < -0.39 is 0 Å². The predicted octanol–water partition coefficient (Wildman–Crippen LogP) is 5.07. The molecule has 0 saturated heterocycles. The van der Waals surface area contributed by atoms with Crippen LogP contribution >= 0.6 is 31.9 Å². The minimum atomic E-state index is -0.278. The second kappa shape index (κ2) is 7.09. The van der Waals surface area contributed by atoms with Crippen LogP contribution in [0, 0.1) is 5.82 Å². The zero-order chi connectivity index (χ0) is 14.5. The number of alkyl halides is 1. The average molecular weight is 404 g/mol. The van der Waals surface area contributed by atoms with Crippen molar-refractivity contribution in [2.24, 2.45) is 0 Å². The lowest BCUT2D eigenvalue weighted by Crippen LogP contribution is -2.01. The van der Waals surface area contributed by atoms with Crippen molar-refractivity contribution in [3.8, 4) is 11.5 Å². The van der Waals surface area contributed by atoms with Crippen molar-refractivity contribution >= 4 is 31.9 Å². The molecule has 5 heteroatoms. The summed E-state index contributed by atoms with van der Waals surface area (Å²) in [6.45, 7) is 0.148. The van der Waals surface area contributed by atoms with Gasteiger partial charge in [-0.3, -0.25) is 0 Å². The molecule has 106 valence electrons. The number of rotatable bonds is 5. The summed E-state index contributed by atoms with van der Waals surface area (Å²) in [6.07, 6.45) is 0. The van der Waals surface area contributed by atoms with Crippen molar-refractivity contribution in [2.75, 3.05) is 7.11 Å². The van der Waals surface area contributed by atoms with Gasteiger partial charge in [0.25, 0.3) is 0 Å². The van der Waals surface area contributed by atoms with Crippen LogP contribution in [0.3, 0.4) is 0 Å². The molecule has 0 atom stereocenters. The third-order valence-electron chi connectivity index (χ3n) is 2.77. The Hall–Kier alpha value is -1.07. The van der Waals surface area contributed by atoms with Crippen LogP contribution in [0.4, 0.5) is 4.39 Å². The van der Waals surface area contributed by atoms with E-state index in [4.69, 9.17) is 9.47 Å². The van der Waals surface area contributed by atoms with E-state index in [-0.39, 0.29) is 12.4 Å². The number of methoxy groups -OCH3 is 1. The number of ether oxygens (including phenoxy) is 2. The largest absolute Gasteiger partial charge is 0.493 e. The highest BCUT2D eigenvalue weighted by Gasteiger charge is 2.12. The third kappa shape index (κ3) is 3.52. The fraction of sp³-hybridized carbons (Fsp3) is 0.200. The minimum Gasteiger partial charge on any atom is -0.493 e. The van der Waals surface area contributed by atoms with Gasteiger partial charge in [-0.25, -0.2) is 4.39 Å². The van der Waals surface area contributed by atoms with Crippen LogP contribution in [0.5, 0.6) is 11.5 Å². The van der Waals surface area contributed by atoms with Gasteiger partial charge in [0.1, 0.15) is 12.4 Å². The van der Waals surface area contributed by atoms with Gasteiger partial charge in [-0.15, -0.1) is 0 Å². The zero-order valence-electron chi connectivity index (χ0n) is 10.8. The summed E-state index contributed by atoms with van der Waals surface area (Å²) in [7, 11) is 1.58. The number of benzene rings is 2. The second-order valence-electron chi connectivity index (χ2n) is 4.12. The molecule has 20 heavy (non-hydrogen) atoms. The van der Waals surface area contributed by atoms with E-state index in [1.807, 2.05) is 12.1 Å². The van der Waals surface area contributed by atoms with E-state index in [0.717, 1.165) is 15.4 Å². The van der Waals surface area contributed by atoms with Crippen LogP contribution in [-0.2, 0) is 11.9 Å². The van der Waals surface area contributed by atoms with Gasteiger partial charge in [0.05, 0.1) is 11.6 Å². The van der Waals surface area contributed by atoms with E-state index in [9.17, 15) is 4.39 Å². The van der Waals surface area contributed by atoms with Crippen LogP contribution in [-0.4, -0.2) is 7.11 Å². The maximum absolute atomic E-state index is 13.6. The molecule has 0 aromatic heterocycles. The van der Waals surface area contributed by atoms with E-state index >= 15 is 0 Å². The topological polar surface area (TPSA) is 18.5 Å². The first-order valence-corrected chi connectivity index (χ1v) is 7.85. The van der Waals surface area contributed by atoms with Crippen LogP contribution in [0.15, 0.2) is 40.9 Å². The number of halogens is 3. The fourth-order valence-corrected chi connectivity index (χ4v) is 2.68. The van der Waals surface area contributed by atoms with Crippen molar-refractivity contribution in [1.29, 1.82) is 0 Å². The van der Waals surface area contributed by atoms with Gasteiger partial charge in [0.2, 0.25) is 0 Å². The number of hydrogen-bond donors (Lipinski definition) is 0. The lowest BCUT2D eigenvalue weighted by atomic mass is 10.2. The molecule has 0 N–H and O–H groups in total. The Kier molecular flexibility index (Phi) is 5.43. The molecular weight excluding hydrogens is 391 g/mol. The average Bonchev–Trinajstić information content (AvgIpc) is 2.46. The van der Waals surface area contributed by atoms with Crippen molar-refractivity contribution in [1.82, 2.24) is 0 Å². The standard InChI is InChI=1S/C15H13Br2FO2/c1-19-14-7-10(8-16)6-12(17)15(14)20-9-11-4-2-3-5-13(11)18/h2-7H,8-9H2,1H3. The molecule has 0 bridgehead atoms. The van der Waals surface area contributed by atoms with Crippen LogP contribution in [0.1, 0.15) is 11.1 Å². The molecule has 0 spiro atoms. The Morgan fingerprint density at radius 2 is 1.95 bits per heavy atom. The molecule has 0 saturated carbocycles. The molecule has 2 aromatic rings. The smallest absolute Gasteiger partial charge is 0.175 e. The highest BCUT2D eigenvalue weighted by atomic mass is 79.9. The molecule has 2 aromatic carbocycles. The first kappa shape index (κ1) is 15.3. The summed E-state index contributed by atoms with van der Waals surface area (Å²) in [6, 6.07) is 10.4. The lowest BCUT2D eigenvalue weighted by Gasteiger charge is -2.14. The van der Waals surface area contributed by atoms with Crippen molar-refractivity contribution in [3.05, 3.63) is 57.8 Å². The number of hydrogen-bond acceptors (Lipinski definition) is 2. The Bertz CT molecular complexity index is 602. The molecular formula is C15H13Br2FO2. The summed E-state index contributed by atoms with van der Waals surface area (Å²) in [5.41, 5.74) is 1.57. The monoisotopic (exact) mass is 402 g/mol. The first-order chi connectivity index (χ1) is 9.65. The van der Waals surface area contributed by atoms with Gasteiger partial charge >= 0.3 is 0 Å². The van der Waals surface area contributed by atoms with Gasteiger partial charge in [-0.1, -0.05) is 34.1 Å². The fourth-order valence-electron chi connectivity index (χ4n) is 1.76. The Labute approximate surface area is 134 Å². The molecule has 2 nitrogen and oxygen atoms in total. The van der Waals surface area contributed by atoms with E-state index in [1.54, 1.807) is 25.3 Å². The van der Waals surface area contributed by atoms with Gasteiger partial charge in [-0.2, -0.15) is 0 Å². The van der Waals surface area contributed by atoms with Gasteiger partial charge in [0, 0.05) is 10.9 Å². The summed E-state index contributed by atoms with van der Waals surface area (Å²) in [4.78, 5) is 0. The van der Waals surface area contributed by atoms with Gasteiger partial charge in [-0.05, 0) is 39.7 Å². The van der Waals surface area contributed by atoms with Gasteiger partial charge < -0.3 is 9.47 Å². The Morgan fingerprint density at radius 3 is 2.60 bits per heavy atom. The second-order valence-corrected chi connectivity index (χ2v) is 5.54. The zero-order valence-corrected chi connectivity index (χ0v) is 14.0. The minimum absolute atomic E-state index is 0.148. The van der Waals surface area contributed by atoms with Gasteiger partial charge in [0.15, 0.2) is 11.5 Å². The SMILES string of the molecule is COc1cc(CBr)cc(Br)c1OCc1ccccc1F. The highest BCUT2D eigenvalue weighted by Crippen LogP contribution is 2.37. The lowest BCUT2D eigenvalue weighted by molar-refractivity contribution is 0.277. The summed E-state index contributed by atoms with van der Waals surface area (Å²) >= 11 is 6.85. The maximum Gasteiger partial charge on any atom is 0.175 e. The summed E-state index contributed by atoms with van der Waals surface area (Å²) < 4.78 is 25.4. The quantitative estimate of drug-likeness (QED) is 0.648. The van der Waals surface area contributed by atoms with E-state index in [0.29, 0.717) is 17.1 Å². The predicted molar refractivity (Wildman–Crippen MR) is 84.1 cm³/mol. The molecule has 0 heterocycles. The molecule has 0 aliphatic rings. The molecule has 0 unspecified atom stereocenters. The van der Waals surface area contributed by atoms with Crippen LogP contribution in [0.25, 0.3) is 0 Å². The molecule has 0 fully saturated rings. The molecule has 0 amide bonds. The van der Waals surface area contributed by atoms with E-state index in [2.05, 4.69) is 31.9 Å². The molecule has 2 rings (SSSR count). The highest BCUT2D eigenvalue weighted by molar-refractivity contribution is 9.10. The van der Waals surface area contributed by atoms with Crippen molar-refractivity contribution < 1.29 is 13.9 Å². The molecule has 0 radical (unpaired) electrons. The van der Waals surface area contributed by atoms with Crippen molar-refractivity contribution in [3.63, 3.8) is 0 Å². The first-order valence-electron chi connectivity index (χ1n) is 5.94. The van der Waals surface area contributed by atoms with Crippen LogP contribution in [0.2, 0.25) is 0 Å². The Balaban J connectivity index is 2.23. The van der Waals surface area contributed by atoms with Crippen molar-refractivity contribution in [2.45, 2.75) is 11.9 Å². The Morgan fingerprint density at radius 1 is 1.20 bits per heavy atom.